The molecule has 0 spiro atoms. The van der Waals surface area contributed by atoms with Crippen molar-refractivity contribution >= 4 is 11.3 Å². The molecular formula is C9H10N2S. The predicted octanol–water partition coefficient (Wildman–Crippen LogP) is 2.03. The number of hydrogen-bond donors (Lipinski definition) is 1. The Bertz CT molecular complexity index is 320. The Morgan fingerprint density at radius 1 is 1.67 bits per heavy atom. The van der Waals surface area contributed by atoms with Crippen molar-refractivity contribution in [1.29, 1.82) is 5.26 Å². The summed E-state index contributed by atoms with van der Waals surface area (Å²) < 4.78 is 0. The molecule has 1 aromatic rings. The Hall–Kier alpha value is -0.850. The second-order valence-corrected chi connectivity index (χ2v) is 4.12. The second-order valence-electron chi connectivity index (χ2n) is 3.17. The maximum absolute atomic E-state index is 8.76. The summed E-state index contributed by atoms with van der Waals surface area (Å²) >= 11 is 1.60. The third-order valence-electron chi connectivity index (χ3n) is 2.25. The van der Waals surface area contributed by atoms with Crippen LogP contribution in [0.4, 0.5) is 0 Å². The predicted molar refractivity (Wildman–Crippen MR) is 48.7 cm³/mol. The Kier molecular flexibility index (Phi) is 1.87. The molecule has 0 unspecified atom stereocenters. The van der Waals surface area contributed by atoms with Gasteiger partial charge >= 0.3 is 0 Å². The average molecular weight is 178 g/mol. The van der Waals surface area contributed by atoms with Gasteiger partial charge in [-0.15, -0.1) is 11.3 Å². The molecule has 1 atom stereocenters. The zero-order valence-electron chi connectivity index (χ0n) is 6.66. The topological polar surface area (TPSA) is 49.8 Å². The van der Waals surface area contributed by atoms with E-state index < -0.39 is 0 Å². The molecule has 1 aliphatic carbocycles. The minimum atomic E-state index is 0.111. The smallest absolute Gasteiger partial charge is 0.100 e. The number of hydrogen-bond acceptors (Lipinski definition) is 3. The van der Waals surface area contributed by atoms with Crippen LogP contribution in [0.25, 0.3) is 0 Å². The summed E-state index contributed by atoms with van der Waals surface area (Å²) in [5.74, 6) is 0.635. The number of nitrogens with two attached hydrogens (primary N) is 1. The summed E-state index contributed by atoms with van der Waals surface area (Å²) in [6, 6.07) is 4.13. The average Bonchev–Trinajstić information content (AvgIpc) is 2.82. The van der Waals surface area contributed by atoms with E-state index in [0.717, 1.165) is 10.4 Å². The fourth-order valence-electron chi connectivity index (χ4n) is 1.34. The van der Waals surface area contributed by atoms with Crippen molar-refractivity contribution in [2.45, 2.75) is 18.9 Å². The third kappa shape index (κ3) is 1.24. The molecule has 0 bridgehead atoms. The van der Waals surface area contributed by atoms with Crippen LogP contribution >= 0.6 is 11.3 Å². The highest BCUT2D eigenvalue weighted by atomic mass is 32.1. The van der Waals surface area contributed by atoms with E-state index in [-0.39, 0.29) is 6.04 Å². The van der Waals surface area contributed by atoms with Crippen LogP contribution in [0.15, 0.2) is 11.4 Å². The maximum Gasteiger partial charge on any atom is 0.100 e. The van der Waals surface area contributed by atoms with Crippen molar-refractivity contribution < 1.29 is 0 Å². The van der Waals surface area contributed by atoms with Gasteiger partial charge in [0.2, 0.25) is 0 Å². The van der Waals surface area contributed by atoms with Crippen LogP contribution in [0.3, 0.4) is 0 Å². The van der Waals surface area contributed by atoms with E-state index in [1.807, 2.05) is 11.4 Å². The highest BCUT2D eigenvalue weighted by Crippen LogP contribution is 2.41. The van der Waals surface area contributed by atoms with Crippen LogP contribution in [0.2, 0.25) is 0 Å². The molecule has 1 saturated carbocycles. The standard InChI is InChI=1S/C9H10N2S/c10-5-7-3-4-12-9(7)8(11)6-1-2-6/h3-4,6,8H,1-2,11H2/t8-/m0/s1. The number of thiophene rings is 1. The van der Waals surface area contributed by atoms with E-state index in [0.29, 0.717) is 5.92 Å². The van der Waals surface area contributed by atoms with E-state index in [1.54, 1.807) is 11.3 Å². The van der Waals surface area contributed by atoms with Gasteiger partial charge in [-0.05, 0) is 30.2 Å². The molecule has 2 N–H and O–H groups in total. The number of nitrogens with zero attached hydrogens (tertiary/aromatic N) is 1. The lowest BCUT2D eigenvalue weighted by Gasteiger charge is -2.07. The minimum absolute atomic E-state index is 0.111. The summed E-state index contributed by atoms with van der Waals surface area (Å²) in [4.78, 5) is 1.07. The molecule has 0 saturated heterocycles. The lowest BCUT2D eigenvalue weighted by atomic mass is 10.1. The first-order valence-electron chi connectivity index (χ1n) is 4.06. The fourth-order valence-corrected chi connectivity index (χ4v) is 2.28. The molecule has 62 valence electrons. The van der Waals surface area contributed by atoms with Crippen molar-refractivity contribution in [3.05, 3.63) is 21.9 Å². The summed E-state index contributed by atoms with van der Waals surface area (Å²) in [5, 5.41) is 10.7. The maximum atomic E-state index is 8.76. The highest BCUT2D eigenvalue weighted by molar-refractivity contribution is 7.10. The molecule has 1 aliphatic rings. The van der Waals surface area contributed by atoms with Crippen LogP contribution in [0.5, 0.6) is 0 Å². The van der Waals surface area contributed by atoms with Gasteiger partial charge < -0.3 is 5.73 Å². The van der Waals surface area contributed by atoms with Crippen molar-refractivity contribution in [2.24, 2.45) is 11.7 Å². The van der Waals surface area contributed by atoms with Gasteiger partial charge in [0.1, 0.15) is 6.07 Å². The first-order chi connectivity index (χ1) is 5.83. The zero-order chi connectivity index (χ0) is 8.55. The summed E-state index contributed by atoms with van der Waals surface area (Å²) in [5.41, 5.74) is 6.74. The Balaban J connectivity index is 2.26. The van der Waals surface area contributed by atoms with Gasteiger partial charge in [0, 0.05) is 10.9 Å². The van der Waals surface area contributed by atoms with Gasteiger partial charge in [0.05, 0.1) is 5.56 Å². The first kappa shape index (κ1) is 7.78. The zero-order valence-corrected chi connectivity index (χ0v) is 7.47. The molecule has 0 aliphatic heterocycles. The Morgan fingerprint density at radius 2 is 2.42 bits per heavy atom. The lowest BCUT2D eigenvalue weighted by Crippen LogP contribution is -2.11. The van der Waals surface area contributed by atoms with Crippen molar-refractivity contribution in [3.8, 4) is 6.07 Å². The molecule has 3 heteroatoms. The highest BCUT2D eigenvalue weighted by Gasteiger charge is 2.31. The van der Waals surface area contributed by atoms with Gasteiger partial charge in [-0.1, -0.05) is 0 Å². The molecule has 1 fully saturated rings. The molecule has 12 heavy (non-hydrogen) atoms. The summed E-state index contributed by atoms with van der Waals surface area (Å²) in [6.07, 6.45) is 2.45. The molecular weight excluding hydrogens is 168 g/mol. The van der Waals surface area contributed by atoms with Gasteiger partial charge in [-0.2, -0.15) is 5.26 Å². The second kappa shape index (κ2) is 2.89. The molecule has 0 radical (unpaired) electrons. The van der Waals surface area contributed by atoms with E-state index >= 15 is 0 Å². The van der Waals surface area contributed by atoms with E-state index in [1.165, 1.54) is 12.8 Å². The van der Waals surface area contributed by atoms with E-state index in [9.17, 15) is 0 Å². The Morgan fingerprint density at radius 3 is 3.00 bits per heavy atom. The van der Waals surface area contributed by atoms with Crippen molar-refractivity contribution in [2.75, 3.05) is 0 Å². The van der Waals surface area contributed by atoms with Crippen LogP contribution in [0.1, 0.15) is 29.3 Å². The van der Waals surface area contributed by atoms with Gasteiger partial charge in [-0.3, -0.25) is 0 Å². The van der Waals surface area contributed by atoms with E-state index in [4.69, 9.17) is 11.0 Å². The van der Waals surface area contributed by atoms with Crippen molar-refractivity contribution in [1.82, 2.24) is 0 Å². The first-order valence-corrected chi connectivity index (χ1v) is 4.94. The fraction of sp³-hybridized carbons (Fsp3) is 0.444. The van der Waals surface area contributed by atoms with Crippen molar-refractivity contribution in [3.63, 3.8) is 0 Å². The summed E-state index contributed by atoms with van der Waals surface area (Å²) in [7, 11) is 0. The quantitative estimate of drug-likeness (QED) is 0.753. The molecule has 0 amide bonds. The van der Waals surface area contributed by atoms with Gasteiger partial charge in [0.25, 0.3) is 0 Å². The molecule has 2 nitrogen and oxygen atoms in total. The normalized spacial score (nSPS) is 18.7. The SMILES string of the molecule is N#Cc1ccsc1[C@@H](N)C1CC1. The van der Waals surface area contributed by atoms with Crippen LogP contribution < -0.4 is 5.73 Å². The lowest BCUT2D eigenvalue weighted by molar-refractivity contribution is 0.643. The number of rotatable bonds is 2. The largest absolute Gasteiger partial charge is 0.323 e. The van der Waals surface area contributed by atoms with Crippen LogP contribution in [0, 0.1) is 17.2 Å². The third-order valence-corrected chi connectivity index (χ3v) is 3.27. The molecule has 1 aromatic heterocycles. The molecule has 0 aromatic carbocycles. The molecule has 2 rings (SSSR count). The monoisotopic (exact) mass is 178 g/mol. The molecule has 1 heterocycles. The summed E-state index contributed by atoms with van der Waals surface area (Å²) in [6.45, 7) is 0. The van der Waals surface area contributed by atoms with Gasteiger partial charge in [-0.25, -0.2) is 0 Å². The van der Waals surface area contributed by atoms with Crippen LogP contribution in [-0.2, 0) is 0 Å². The van der Waals surface area contributed by atoms with Crippen LogP contribution in [-0.4, -0.2) is 0 Å². The Labute approximate surface area is 75.6 Å². The van der Waals surface area contributed by atoms with Gasteiger partial charge in [0.15, 0.2) is 0 Å². The number of nitriles is 1. The minimum Gasteiger partial charge on any atom is -0.323 e. The van der Waals surface area contributed by atoms with E-state index in [2.05, 4.69) is 6.07 Å².